The number of nitrogens with zero attached hydrogens (tertiary/aromatic N) is 5. The molecule has 0 aromatic carbocycles. The molecule has 3 aromatic heterocycles. The Balaban J connectivity index is 1.50. The standard InChI is InChI=1S/C18H17N5O2/c24-18(15-8-2-4-10-20-15)23-11-5-6-13(12-23)16-21-17(25-22-16)14-7-1-3-9-19-14/h1-4,7-10,13H,5-6,11-12H2/t13-/m1/s1. The van der Waals surface area contributed by atoms with Crippen molar-refractivity contribution in [2.24, 2.45) is 0 Å². The minimum absolute atomic E-state index is 0.0567. The minimum atomic E-state index is -0.0567. The van der Waals surface area contributed by atoms with Gasteiger partial charge in [0.15, 0.2) is 5.82 Å². The molecule has 0 aliphatic carbocycles. The van der Waals surface area contributed by atoms with Crippen LogP contribution < -0.4 is 0 Å². The van der Waals surface area contributed by atoms with Crippen molar-refractivity contribution in [3.63, 3.8) is 0 Å². The molecular formula is C18H17N5O2. The summed E-state index contributed by atoms with van der Waals surface area (Å²) >= 11 is 0. The van der Waals surface area contributed by atoms with Crippen molar-refractivity contribution in [2.75, 3.05) is 13.1 Å². The van der Waals surface area contributed by atoms with E-state index in [0.717, 1.165) is 19.4 Å². The van der Waals surface area contributed by atoms with E-state index in [1.54, 1.807) is 24.5 Å². The predicted octanol–water partition coefficient (Wildman–Crippen LogP) is 2.55. The maximum absolute atomic E-state index is 12.6. The van der Waals surface area contributed by atoms with Crippen LogP contribution >= 0.6 is 0 Å². The molecule has 7 heteroatoms. The normalized spacial score (nSPS) is 17.4. The van der Waals surface area contributed by atoms with E-state index in [0.29, 0.717) is 29.6 Å². The van der Waals surface area contributed by atoms with Crippen molar-refractivity contribution in [1.29, 1.82) is 0 Å². The quantitative estimate of drug-likeness (QED) is 0.731. The number of pyridine rings is 2. The lowest BCUT2D eigenvalue weighted by Crippen LogP contribution is -2.39. The zero-order chi connectivity index (χ0) is 17.1. The third-order valence-electron chi connectivity index (χ3n) is 4.28. The Morgan fingerprint density at radius 3 is 2.72 bits per heavy atom. The van der Waals surface area contributed by atoms with Crippen LogP contribution in [-0.4, -0.2) is 44.0 Å². The highest BCUT2D eigenvalue weighted by molar-refractivity contribution is 5.92. The number of aromatic nitrogens is 4. The van der Waals surface area contributed by atoms with Crippen LogP contribution in [0.3, 0.4) is 0 Å². The molecule has 4 heterocycles. The van der Waals surface area contributed by atoms with Crippen LogP contribution in [0.2, 0.25) is 0 Å². The van der Waals surface area contributed by atoms with Crippen molar-refractivity contribution >= 4 is 5.91 Å². The molecule has 4 rings (SSSR count). The second-order valence-electron chi connectivity index (χ2n) is 5.98. The number of rotatable bonds is 3. The van der Waals surface area contributed by atoms with Gasteiger partial charge < -0.3 is 9.42 Å². The van der Waals surface area contributed by atoms with E-state index in [1.165, 1.54) is 0 Å². The summed E-state index contributed by atoms with van der Waals surface area (Å²) in [6.07, 6.45) is 5.14. The number of likely N-dealkylation sites (tertiary alicyclic amines) is 1. The second-order valence-corrected chi connectivity index (χ2v) is 5.98. The third kappa shape index (κ3) is 3.26. The summed E-state index contributed by atoms with van der Waals surface area (Å²) < 4.78 is 5.34. The van der Waals surface area contributed by atoms with E-state index in [4.69, 9.17) is 4.52 Å². The maximum atomic E-state index is 12.6. The van der Waals surface area contributed by atoms with Gasteiger partial charge in [0.2, 0.25) is 0 Å². The van der Waals surface area contributed by atoms with Crippen molar-refractivity contribution in [2.45, 2.75) is 18.8 Å². The monoisotopic (exact) mass is 335 g/mol. The van der Waals surface area contributed by atoms with Crippen molar-refractivity contribution in [3.05, 3.63) is 60.3 Å². The molecule has 7 nitrogen and oxygen atoms in total. The van der Waals surface area contributed by atoms with E-state index in [1.807, 2.05) is 29.2 Å². The van der Waals surface area contributed by atoms with Crippen LogP contribution in [0.1, 0.15) is 35.1 Å². The van der Waals surface area contributed by atoms with Gasteiger partial charge in [-0.2, -0.15) is 4.98 Å². The van der Waals surface area contributed by atoms with Crippen LogP contribution in [-0.2, 0) is 0 Å². The predicted molar refractivity (Wildman–Crippen MR) is 89.6 cm³/mol. The molecule has 0 radical (unpaired) electrons. The summed E-state index contributed by atoms with van der Waals surface area (Å²) in [7, 11) is 0. The number of carbonyl (C=O) groups excluding carboxylic acids is 1. The van der Waals surface area contributed by atoms with Gasteiger partial charge in [-0.15, -0.1) is 0 Å². The van der Waals surface area contributed by atoms with E-state index >= 15 is 0 Å². The Morgan fingerprint density at radius 1 is 1.12 bits per heavy atom. The van der Waals surface area contributed by atoms with Crippen molar-refractivity contribution in [3.8, 4) is 11.6 Å². The Labute approximate surface area is 144 Å². The zero-order valence-electron chi connectivity index (χ0n) is 13.6. The molecule has 1 amide bonds. The van der Waals surface area contributed by atoms with Crippen LogP contribution in [0.4, 0.5) is 0 Å². The Hall–Kier alpha value is -3.09. The van der Waals surface area contributed by atoms with Gasteiger partial charge in [-0.05, 0) is 37.1 Å². The molecule has 1 saturated heterocycles. The third-order valence-corrected chi connectivity index (χ3v) is 4.28. The highest BCUT2D eigenvalue weighted by Gasteiger charge is 2.29. The number of hydrogen-bond acceptors (Lipinski definition) is 6. The molecule has 1 fully saturated rings. The minimum Gasteiger partial charge on any atom is -0.337 e. The van der Waals surface area contributed by atoms with Crippen LogP contribution in [0.5, 0.6) is 0 Å². The summed E-state index contributed by atoms with van der Waals surface area (Å²) in [5.41, 5.74) is 1.11. The van der Waals surface area contributed by atoms with Gasteiger partial charge >= 0.3 is 0 Å². The largest absolute Gasteiger partial charge is 0.337 e. The topological polar surface area (TPSA) is 85.0 Å². The Bertz CT molecular complexity index is 850. The molecule has 1 atom stereocenters. The van der Waals surface area contributed by atoms with Gasteiger partial charge in [0.05, 0.1) is 0 Å². The first-order chi connectivity index (χ1) is 12.3. The first kappa shape index (κ1) is 15.4. The number of amides is 1. The number of carbonyl (C=O) groups is 1. The zero-order valence-corrected chi connectivity index (χ0v) is 13.6. The smallest absolute Gasteiger partial charge is 0.276 e. The van der Waals surface area contributed by atoms with Crippen molar-refractivity contribution in [1.82, 2.24) is 25.0 Å². The van der Waals surface area contributed by atoms with Gasteiger partial charge in [-0.1, -0.05) is 17.3 Å². The number of hydrogen-bond donors (Lipinski definition) is 0. The molecule has 25 heavy (non-hydrogen) atoms. The van der Waals surface area contributed by atoms with Crippen molar-refractivity contribution < 1.29 is 9.32 Å². The molecule has 3 aromatic rings. The fourth-order valence-corrected chi connectivity index (χ4v) is 3.02. The highest BCUT2D eigenvalue weighted by atomic mass is 16.5. The van der Waals surface area contributed by atoms with E-state index in [2.05, 4.69) is 20.1 Å². The lowest BCUT2D eigenvalue weighted by atomic mass is 9.97. The Kier molecular flexibility index (Phi) is 4.20. The molecule has 0 saturated carbocycles. The van der Waals surface area contributed by atoms with Gasteiger partial charge in [0.1, 0.15) is 11.4 Å². The SMILES string of the molecule is O=C(c1ccccn1)N1CCC[C@@H](c2noc(-c3ccccn3)n2)C1. The first-order valence-corrected chi connectivity index (χ1v) is 8.26. The lowest BCUT2D eigenvalue weighted by molar-refractivity contribution is 0.0697. The lowest BCUT2D eigenvalue weighted by Gasteiger charge is -2.31. The van der Waals surface area contributed by atoms with Gasteiger partial charge in [-0.3, -0.25) is 14.8 Å². The fourth-order valence-electron chi connectivity index (χ4n) is 3.02. The molecule has 0 bridgehead atoms. The van der Waals surface area contributed by atoms with Crippen LogP contribution in [0.15, 0.2) is 53.3 Å². The Morgan fingerprint density at radius 2 is 1.96 bits per heavy atom. The van der Waals surface area contributed by atoms with E-state index < -0.39 is 0 Å². The first-order valence-electron chi connectivity index (χ1n) is 8.26. The molecule has 0 unspecified atom stereocenters. The van der Waals surface area contributed by atoms with Crippen LogP contribution in [0, 0.1) is 0 Å². The molecule has 0 N–H and O–H groups in total. The summed E-state index contributed by atoms with van der Waals surface area (Å²) in [6.45, 7) is 1.29. The fraction of sp³-hybridized carbons (Fsp3) is 0.278. The van der Waals surface area contributed by atoms with Gasteiger partial charge in [0.25, 0.3) is 11.8 Å². The average Bonchev–Trinajstić information content (AvgIpc) is 3.19. The summed E-state index contributed by atoms with van der Waals surface area (Å²) in [5, 5.41) is 4.10. The molecule has 1 aliphatic heterocycles. The van der Waals surface area contributed by atoms with E-state index in [9.17, 15) is 4.79 Å². The molecule has 0 spiro atoms. The molecule has 126 valence electrons. The van der Waals surface area contributed by atoms with Gasteiger partial charge in [0, 0.05) is 31.4 Å². The van der Waals surface area contributed by atoms with Gasteiger partial charge in [-0.25, -0.2) is 0 Å². The molecular weight excluding hydrogens is 318 g/mol. The average molecular weight is 335 g/mol. The second kappa shape index (κ2) is 6.80. The molecule has 1 aliphatic rings. The van der Waals surface area contributed by atoms with Crippen LogP contribution in [0.25, 0.3) is 11.6 Å². The summed E-state index contributed by atoms with van der Waals surface area (Å²) in [4.78, 5) is 27.2. The highest BCUT2D eigenvalue weighted by Crippen LogP contribution is 2.27. The van der Waals surface area contributed by atoms with E-state index in [-0.39, 0.29) is 11.8 Å². The number of piperidine rings is 1. The maximum Gasteiger partial charge on any atom is 0.276 e. The summed E-state index contributed by atoms with van der Waals surface area (Å²) in [6, 6.07) is 10.9. The summed E-state index contributed by atoms with van der Waals surface area (Å²) in [5.74, 6) is 1.03.